The number of rotatable bonds is 41. The van der Waals surface area contributed by atoms with E-state index in [9.17, 15) is 30.3 Å². The van der Waals surface area contributed by atoms with E-state index in [0.29, 0.717) is 6.42 Å². The highest BCUT2D eigenvalue weighted by Crippen LogP contribution is 2.33. The van der Waals surface area contributed by atoms with Crippen LogP contribution < -0.4 is 0 Å². The summed E-state index contributed by atoms with van der Waals surface area (Å²) < 4.78 is 11.3. The number of hydrogen-bond acceptors (Lipinski definition) is 8. The number of ether oxygens (including phenoxy) is 2. The van der Waals surface area contributed by atoms with Gasteiger partial charge in [0, 0.05) is 6.42 Å². The molecule has 1 amide bonds. The van der Waals surface area contributed by atoms with Crippen LogP contribution in [0.2, 0.25) is 0 Å². The summed E-state index contributed by atoms with van der Waals surface area (Å²) in [6, 6.07) is -0.819. The Morgan fingerprint density at radius 1 is 0.458 bits per heavy atom. The van der Waals surface area contributed by atoms with E-state index in [-0.39, 0.29) is 18.6 Å². The summed E-state index contributed by atoms with van der Waals surface area (Å²) in [5.74, 6) is 0.0325. The van der Waals surface area contributed by atoms with Crippen molar-refractivity contribution in [1.29, 1.82) is 0 Å². The van der Waals surface area contributed by atoms with Crippen molar-refractivity contribution in [1.82, 2.24) is 4.90 Å². The Morgan fingerprint density at radius 3 is 1.19 bits per heavy atom. The molecule has 2 heterocycles. The summed E-state index contributed by atoms with van der Waals surface area (Å²) in [4.78, 5) is 15.4. The zero-order chi connectivity index (χ0) is 42.8. The van der Waals surface area contributed by atoms with Gasteiger partial charge in [0.15, 0.2) is 6.29 Å². The molecule has 59 heavy (non-hydrogen) atoms. The molecule has 0 spiro atoms. The van der Waals surface area contributed by atoms with Gasteiger partial charge >= 0.3 is 0 Å². The molecule has 2 rings (SSSR count). The molecule has 9 heteroatoms. The van der Waals surface area contributed by atoms with Crippen LogP contribution in [0.5, 0.6) is 0 Å². The van der Waals surface area contributed by atoms with Gasteiger partial charge in [0.2, 0.25) is 5.91 Å². The molecule has 5 N–H and O–H groups in total. The quantitative estimate of drug-likeness (QED) is 0.0384. The Labute approximate surface area is 363 Å². The molecular formula is C50H97NO8. The maximum Gasteiger partial charge on any atom is 0.223 e. The summed E-state index contributed by atoms with van der Waals surface area (Å²) in [5.41, 5.74) is 0. The van der Waals surface area contributed by atoms with E-state index in [1.807, 2.05) is 0 Å². The van der Waals surface area contributed by atoms with E-state index in [0.717, 1.165) is 38.5 Å². The van der Waals surface area contributed by atoms with Gasteiger partial charge in [-0.25, -0.2) is 0 Å². The van der Waals surface area contributed by atoms with E-state index in [1.54, 1.807) is 4.90 Å². The third-order valence-corrected chi connectivity index (χ3v) is 13.4. The molecule has 8 atom stereocenters. The molecule has 2 saturated heterocycles. The van der Waals surface area contributed by atoms with Crippen molar-refractivity contribution in [2.75, 3.05) is 13.2 Å². The van der Waals surface area contributed by atoms with E-state index >= 15 is 0 Å². The number of carbonyl (C=O) groups excluding carboxylic acids is 1. The lowest BCUT2D eigenvalue weighted by molar-refractivity contribution is -0.307. The second-order valence-corrected chi connectivity index (χ2v) is 18.7. The van der Waals surface area contributed by atoms with Crippen molar-refractivity contribution in [2.24, 2.45) is 0 Å². The summed E-state index contributed by atoms with van der Waals surface area (Å²) in [7, 11) is 0. The molecule has 0 aromatic heterocycles. The minimum atomic E-state index is -1.53. The number of aliphatic hydroxyl groups is 5. The third kappa shape index (κ3) is 24.0. The van der Waals surface area contributed by atoms with Crippen molar-refractivity contribution in [2.45, 2.75) is 300 Å². The van der Waals surface area contributed by atoms with Gasteiger partial charge in [-0.1, -0.05) is 232 Å². The number of likely N-dealkylation sites (tertiary alicyclic amines) is 1. The summed E-state index contributed by atoms with van der Waals surface area (Å²) in [6.07, 6.45) is 39.4. The molecule has 0 aliphatic carbocycles. The first-order valence-corrected chi connectivity index (χ1v) is 25.8. The average Bonchev–Trinajstić information content (AvgIpc) is 3.24. The van der Waals surface area contributed by atoms with Gasteiger partial charge < -0.3 is 39.9 Å². The minimum absolute atomic E-state index is 0.0325. The van der Waals surface area contributed by atoms with Gasteiger partial charge in [-0.3, -0.25) is 4.79 Å². The fourth-order valence-electron chi connectivity index (χ4n) is 9.37. The average molecular weight is 840 g/mol. The Balaban J connectivity index is 1.58. The van der Waals surface area contributed by atoms with Gasteiger partial charge in [0.05, 0.1) is 31.4 Å². The maximum atomic E-state index is 13.6. The van der Waals surface area contributed by atoms with Crippen molar-refractivity contribution in [3.8, 4) is 0 Å². The van der Waals surface area contributed by atoms with Crippen molar-refractivity contribution in [3.63, 3.8) is 0 Å². The Kier molecular flexibility index (Phi) is 33.7. The van der Waals surface area contributed by atoms with Crippen LogP contribution in [0, 0.1) is 0 Å². The topological polar surface area (TPSA) is 140 Å². The lowest BCUT2D eigenvalue weighted by Crippen LogP contribution is -2.71. The van der Waals surface area contributed by atoms with Gasteiger partial charge in [-0.15, -0.1) is 0 Å². The number of unbranched alkanes of at least 4 members (excludes halogenated alkanes) is 33. The minimum Gasteiger partial charge on any atom is -0.394 e. The summed E-state index contributed by atoms with van der Waals surface area (Å²) >= 11 is 0. The van der Waals surface area contributed by atoms with Crippen LogP contribution in [-0.2, 0) is 14.3 Å². The summed E-state index contributed by atoms with van der Waals surface area (Å²) in [5, 5.41) is 51.6. The Morgan fingerprint density at radius 2 is 0.814 bits per heavy atom. The van der Waals surface area contributed by atoms with E-state index in [2.05, 4.69) is 13.8 Å². The Hall–Kier alpha value is -0.810. The second-order valence-electron chi connectivity index (χ2n) is 18.7. The third-order valence-electron chi connectivity index (χ3n) is 13.4. The maximum absolute atomic E-state index is 13.6. The SMILES string of the molecule is CCCCCCCCCCCCCCCCCCCCCCCCCC(=O)N1[C@@H](CCCCCCCCCCCCCC)[C@@H](O)[C@@H]1CO[C@@H]1O[C@H](CO)[C@H](O)[C@H](O)[C@H]1O. The van der Waals surface area contributed by atoms with Crippen LogP contribution in [-0.4, -0.2) is 98.4 Å². The van der Waals surface area contributed by atoms with Crippen molar-refractivity contribution in [3.05, 3.63) is 0 Å². The van der Waals surface area contributed by atoms with Crippen LogP contribution >= 0.6 is 0 Å². The van der Waals surface area contributed by atoms with Crippen LogP contribution in [0.4, 0.5) is 0 Å². The van der Waals surface area contributed by atoms with E-state index in [4.69, 9.17) is 9.47 Å². The smallest absolute Gasteiger partial charge is 0.223 e. The first-order chi connectivity index (χ1) is 28.9. The van der Waals surface area contributed by atoms with E-state index in [1.165, 1.54) is 193 Å². The molecule has 0 bridgehead atoms. The molecule has 350 valence electrons. The predicted octanol–water partition coefficient (Wildman–Crippen LogP) is 11.2. The zero-order valence-electron chi connectivity index (χ0n) is 38.6. The monoisotopic (exact) mass is 840 g/mol. The van der Waals surface area contributed by atoms with Crippen molar-refractivity contribution >= 4 is 5.91 Å². The molecule has 0 saturated carbocycles. The molecule has 2 aliphatic heterocycles. The first kappa shape index (κ1) is 54.3. The number of aliphatic hydroxyl groups excluding tert-OH is 5. The highest BCUT2D eigenvalue weighted by Gasteiger charge is 2.51. The number of nitrogens with zero attached hydrogens (tertiary/aromatic N) is 1. The van der Waals surface area contributed by atoms with Crippen LogP contribution in [0.25, 0.3) is 0 Å². The molecule has 0 aromatic carbocycles. The van der Waals surface area contributed by atoms with Crippen LogP contribution in [0.15, 0.2) is 0 Å². The fourth-order valence-corrected chi connectivity index (χ4v) is 9.37. The second kappa shape index (κ2) is 36.7. The van der Waals surface area contributed by atoms with Crippen LogP contribution in [0.1, 0.15) is 251 Å². The molecule has 2 fully saturated rings. The number of hydrogen-bond donors (Lipinski definition) is 5. The molecular weight excluding hydrogens is 743 g/mol. The normalized spacial score (nSPS) is 24.5. The lowest BCUT2D eigenvalue weighted by Gasteiger charge is -2.53. The molecule has 0 aromatic rings. The first-order valence-electron chi connectivity index (χ1n) is 25.8. The van der Waals surface area contributed by atoms with Gasteiger partial charge in [-0.05, 0) is 12.8 Å². The predicted molar refractivity (Wildman–Crippen MR) is 242 cm³/mol. The van der Waals surface area contributed by atoms with Gasteiger partial charge in [0.25, 0.3) is 0 Å². The highest BCUT2D eigenvalue weighted by atomic mass is 16.7. The molecule has 2 aliphatic rings. The molecule has 9 nitrogen and oxygen atoms in total. The van der Waals surface area contributed by atoms with E-state index < -0.39 is 49.5 Å². The fraction of sp³-hybridized carbons (Fsp3) is 0.980. The number of carbonyl (C=O) groups is 1. The summed E-state index contributed by atoms with van der Waals surface area (Å²) in [6.45, 7) is 3.94. The molecule has 0 unspecified atom stereocenters. The van der Waals surface area contributed by atoms with Crippen LogP contribution in [0.3, 0.4) is 0 Å². The van der Waals surface area contributed by atoms with Gasteiger partial charge in [-0.2, -0.15) is 0 Å². The Bertz CT molecular complexity index is 954. The largest absolute Gasteiger partial charge is 0.394 e. The van der Waals surface area contributed by atoms with Crippen molar-refractivity contribution < 1.29 is 39.8 Å². The van der Waals surface area contributed by atoms with Gasteiger partial charge in [0.1, 0.15) is 24.4 Å². The standard InChI is InChI=1S/C50H97NO8/c1-3-5-7-9-11-13-15-17-18-19-20-21-22-23-24-25-26-27-29-31-33-35-37-39-45(53)51-42(38-36-34-32-30-28-16-14-12-10-8-6-4-2)46(54)43(51)41-58-50-49(57)48(56)47(55)44(40-52)59-50/h42-44,46-50,52,54-57H,3-41H2,1-2H3/t42-,43-,44+,46+,47-,48-,49+,50+/m0/s1. The highest BCUT2D eigenvalue weighted by molar-refractivity contribution is 5.78. The molecule has 0 radical (unpaired) electrons. The zero-order valence-corrected chi connectivity index (χ0v) is 38.6. The lowest BCUT2D eigenvalue weighted by atomic mass is 9.85. The number of amides is 1.